The van der Waals surface area contributed by atoms with E-state index in [2.05, 4.69) is 32.3 Å². The Morgan fingerprint density at radius 1 is 0.960 bits per heavy atom. The number of nitrogens with one attached hydrogen (secondary N) is 1. The van der Waals surface area contributed by atoms with Gasteiger partial charge in [0.05, 0.1) is 0 Å². The summed E-state index contributed by atoms with van der Waals surface area (Å²) in [7, 11) is 2.01. The van der Waals surface area contributed by atoms with Gasteiger partial charge in [0.25, 0.3) is 0 Å². The number of hydrogen-bond acceptors (Lipinski definition) is 4. The fourth-order valence-corrected chi connectivity index (χ4v) is 3.02. The number of nitrogens with zero attached hydrogens (tertiary/aromatic N) is 3. The number of aromatic nitrogens is 2. The first-order valence-electron chi connectivity index (χ1n) is 7.83. The Hall–Kier alpha value is -2.30. The molecule has 1 N–H and O–H groups in total. The van der Waals surface area contributed by atoms with Crippen molar-refractivity contribution in [2.24, 2.45) is 0 Å². The van der Waals surface area contributed by atoms with Gasteiger partial charge in [-0.2, -0.15) is 4.98 Å². The number of rotatable bonds is 5. The lowest BCUT2D eigenvalue weighted by Gasteiger charge is -2.19. The largest absolute Gasteiger partial charge is 0.355 e. The molecule has 0 spiro atoms. The second-order valence-corrected chi connectivity index (χ2v) is 6.69. The normalized spacial score (nSPS) is 10.6. The van der Waals surface area contributed by atoms with E-state index in [9.17, 15) is 0 Å². The third kappa shape index (κ3) is 4.84. The first kappa shape index (κ1) is 17.5. The number of hydrogen-bond donors (Lipinski definition) is 1. The molecule has 0 atom stereocenters. The van der Waals surface area contributed by atoms with Gasteiger partial charge >= 0.3 is 0 Å². The van der Waals surface area contributed by atoms with Gasteiger partial charge < -0.3 is 10.2 Å². The highest BCUT2D eigenvalue weighted by molar-refractivity contribution is 6.35. The van der Waals surface area contributed by atoms with Crippen molar-refractivity contribution in [3.8, 4) is 0 Å². The summed E-state index contributed by atoms with van der Waals surface area (Å²) in [6.45, 7) is 2.71. The van der Waals surface area contributed by atoms with Gasteiger partial charge in [-0.3, -0.25) is 0 Å². The van der Waals surface area contributed by atoms with Crippen LogP contribution in [0.1, 0.15) is 11.3 Å². The van der Waals surface area contributed by atoms with Crippen LogP contribution in [0.15, 0.2) is 54.6 Å². The lowest BCUT2D eigenvalue weighted by molar-refractivity contribution is 0.888. The molecule has 2 aromatic carbocycles. The zero-order valence-corrected chi connectivity index (χ0v) is 15.5. The summed E-state index contributed by atoms with van der Waals surface area (Å²) in [6, 6.07) is 17.5. The van der Waals surface area contributed by atoms with Gasteiger partial charge in [-0.1, -0.05) is 53.5 Å². The van der Waals surface area contributed by atoms with Crippen LogP contribution < -0.4 is 10.2 Å². The second kappa shape index (κ2) is 7.72. The van der Waals surface area contributed by atoms with E-state index in [-0.39, 0.29) is 0 Å². The van der Waals surface area contributed by atoms with Crippen LogP contribution in [0.2, 0.25) is 10.0 Å². The molecule has 0 unspecified atom stereocenters. The maximum atomic E-state index is 6.05. The standard InChI is InChI=1S/C19H18Cl2N4/c1-13-8-18(25(2)12-14-6-4-3-5-7-14)24-19(22-13)23-17-10-15(20)9-16(21)11-17/h3-11H,12H2,1-2H3,(H,22,23,24). The Labute approximate surface area is 157 Å². The monoisotopic (exact) mass is 372 g/mol. The maximum absolute atomic E-state index is 6.05. The predicted octanol–water partition coefficient (Wildman–Crippen LogP) is 5.47. The van der Waals surface area contributed by atoms with Crippen molar-refractivity contribution >= 4 is 40.7 Å². The van der Waals surface area contributed by atoms with Gasteiger partial charge in [-0.15, -0.1) is 0 Å². The van der Waals surface area contributed by atoms with E-state index >= 15 is 0 Å². The highest BCUT2D eigenvalue weighted by atomic mass is 35.5. The Morgan fingerprint density at radius 3 is 2.32 bits per heavy atom. The molecular weight excluding hydrogens is 355 g/mol. The highest BCUT2D eigenvalue weighted by Gasteiger charge is 2.08. The van der Waals surface area contributed by atoms with Crippen molar-refractivity contribution < 1.29 is 0 Å². The number of benzene rings is 2. The molecular formula is C19H18Cl2N4. The Kier molecular flexibility index (Phi) is 5.41. The first-order valence-corrected chi connectivity index (χ1v) is 8.59. The van der Waals surface area contributed by atoms with Crippen molar-refractivity contribution in [2.45, 2.75) is 13.5 Å². The van der Waals surface area contributed by atoms with Crippen LogP contribution in [-0.4, -0.2) is 17.0 Å². The molecule has 128 valence electrons. The Balaban J connectivity index is 1.82. The third-order valence-corrected chi connectivity index (χ3v) is 4.05. The molecule has 0 aliphatic rings. The summed E-state index contributed by atoms with van der Waals surface area (Å²) in [4.78, 5) is 11.1. The topological polar surface area (TPSA) is 41.1 Å². The Morgan fingerprint density at radius 2 is 1.64 bits per heavy atom. The molecule has 1 heterocycles. The van der Waals surface area contributed by atoms with Crippen LogP contribution in [0, 0.1) is 6.92 Å². The van der Waals surface area contributed by atoms with Crippen LogP contribution in [0.3, 0.4) is 0 Å². The number of aryl methyl sites for hydroxylation is 1. The summed E-state index contributed by atoms with van der Waals surface area (Å²) in [5, 5.41) is 4.29. The van der Waals surface area contributed by atoms with Gasteiger partial charge in [-0.05, 0) is 30.7 Å². The molecule has 1 aromatic heterocycles. The van der Waals surface area contributed by atoms with Crippen molar-refractivity contribution in [3.63, 3.8) is 0 Å². The zero-order chi connectivity index (χ0) is 17.8. The summed E-state index contributed by atoms with van der Waals surface area (Å²) in [6.07, 6.45) is 0. The van der Waals surface area contributed by atoms with Crippen molar-refractivity contribution in [3.05, 3.63) is 75.9 Å². The molecule has 4 nitrogen and oxygen atoms in total. The van der Waals surface area contributed by atoms with Crippen LogP contribution in [-0.2, 0) is 6.54 Å². The summed E-state index contributed by atoms with van der Waals surface area (Å²) < 4.78 is 0. The molecule has 0 bridgehead atoms. The lowest BCUT2D eigenvalue weighted by atomic mass is 10.2. The number of halogens is 2. The van der Waals surface area contributed by atoms with Crippen LogP contribution in [0.5, 0.6) is 0 Å². The molecule has 25 heavy (non-hydrogen) atoms. The minimum Gasteiger partial charge on any atom is -0.355 e. The molecule has 0 saturated carbocycles. The Bertz CT molecular complexity index is 848. The fourth-order valence-electron chi connectivity index (χ4n) is 2.50. The molecule has 0 amide bonds. The molecule has 0 aliphatic carbocycles. The van der Waals surface area contributed by atoms with Crippen molar-refractivity contribution in [1.82, 2.24) is 9.97 Å². The van der Waals surface area contributed by atoms with Gasteiger partial charge in [0, 0.05) is 41.1 Å². The average molecular weight is 373 g/mol. The van der Waals surface area contributed by atoms with Crippen LogP contribution in [0.25, 0.3) is 0 Å². The zero-order valence-electron chi connectivity index (χ0n) is 14.0. The van der Waals surface area contributed by atoms with Crippen LogP contribution >= 0.6 is 23.2 Å². The fraction of sp³-hybridized carbons (Fsp3) is 0.158. The third-order valence-electron chi connectivity index (χ3n) is 3.61. The molecule has 3 aromatic rings. The SMILES string of the molecule is Cc1cc(N(C)Cc2ccccc2)nc(Nc2cc(Cl)cc(Cl)c2)n1. The molecule has 0 fully saturated rings. The first-order chi connectivity index (χ1) is 12.0. The average Bonchev–Trinajstić information content (AvgIpc) is 2.54. The lowest BCUT2D eigenvalue weighted by Crippen LogP contribution is -2.18. The van der Waals surface area contributed by atoms with E-state index in [1.165, 1.54) is 5.56 Å². The highest BCUT2D eigenvalue weighted by Crippen LogP contribution is 2.25. The quantitative estimate of drug-likeness (QED) is 0.644. The van der Waals surface area contributed by atoms with E-state index < -0.39 is 0 Å². The summed E-state index contributed by atoms with van der Waals surface area (Å²) >= 11 is 12.1. The minimum absolute atomic E-state index is 0.508. The number of anilines is 3. The van der Waals surface area contributed by atoms with Crippen molar-refractivity contribution in [2.75, 3.05) is 17.3 Å². The van der Waals surface area contributed by atoms with Gasteiger partial charge in [-0.25, -0.2) is 4.98 Å². The van der Waals surface area contributed by atoms with E-state index in [0.717, 1.165) is 23.7 Å². The smallest absolute Gasteiger partial charge is 0.229 e. The summed E-state index contributed by atoms with van der Waals surface area (Å²) in [5.74, 6) is 1.35. The summed E-state index contributed by atoms with van der Waals surface area (Å²) in [5.41, 5.74) is 2.85. The van der Waals surface area contributed by atoms with E-state index in [4.69, 9.17) is 23.2 Å². The second-order valence-electron chi connectivity index (χ2n) is 5.82. The maximum Gasteiger partial charge on any atom is 0.229 e. The van der Waals surface area contributed by atoms with E-state index in [0.29, 0.717) is 16.0 Å². The molecule has 6 heteroatoms. The predicted molar refractivity (Wildman–Crippen MR) is 105 cm³/mol. The molecule has 0 saturated heterocycles. The van der Waals surface area contributed by atoms with Gasteiger partial charge in [0.2, 0.25) is 5.95 Å². The van der Waals surface area contributed by atoms with Crippen molar-refractivity contribution in [1.29, 1.82) is 0 Å². The van der Waals surface area contributed by atoms with E-state index in [1.54, 1.807) is 18.2 Å². The van der Waals surface area contributed by atoms with E-state index in [1.807, 2.05) is 38.2 Å². The minimum atomic E-state index is 0.508. The van der Waals surface area contributed by atoms with Gasteiger partial charge in [0.15, 0.2) is 0 Å². The van der Waals surface area contributed by atoms with Gasteiger partial charge in [0.1, 0.15) is 5.82 Å². The molecule has 0 radical (unpaired) electrons. The van der Waals surface area contributed by atoms with Crippen LogP contribution in [0.4, 0.5) is 17.5 Å². The molecule has 3 rings (SSSR count). The molecule has 0 aliphatic heterocycles.